The molecule has 0 bridgehead atoms. The molecule has 4 rings (SSSR count). The second-order valence-corrected chi connectivity index (χ2v) is 9.29. The van der Waals surface area contributed by atoms with Crippen molar-refractivity contribution in [1.82, 2.24) is 20.4 Å². The topological polar surface area (TPSA) is 56.8 Å². The van der Waals surface area contributed by atoms with Crippen LogP contribution in [0.3, 0.4) is 0 Å². The van der Waals surface area contributed by atoms with Crippen molar-refractivity contribution in [2.75, 3.05) is 59.0 Å². The zero-order valence-corrected chi connectivity index (χ0v) is 17.5. The monoisotopic (exact) mass is 392 g/mol. The number of piperazine rings is 1. The van der Waals surface area contributed by atoms with Gasteiger partial charge in [-0.1, -0.05) is 25.7 Å². The van der Waals surface area contributed by atoms with Crippen molar-refractivity contribution < 1.29 is 9.53 Å². The van der Waals surface area contributed by atoms with E-state index in [0.29, 0.717) is 29.8 Å². The molecule has 2 saturated heterocycles. The molecule has 0 aromatic rings. The van der Waals surface area contributed by atoms with Crippen molar-refractivity contribution in [3.8, 4) is 0 Å². The molecule has 4 fully saturated rings. The van der Waals surface area contributed by atoms with Gasteiger partial charge in [0.1, 0.15) is 0 Å². The largest absolute Gasteiger partial charge is 0.379 e. The van der Waals surface area contributed by atoms with Crippen LogP contribution in [0.4, 0.5) is 0 Å². The van der Waals surface area contributed by atoms with E-state index >= 15 is 0 Å². The molecular weight excluding hydrogens is 352 g/mol. The Morgan fingerprint density at radius 1 is 1.00 bits per heavy atom. The number of amides is 1. The third-order valence-corrected chi connectivity index (χ3v) is 7.51. The van der Waals surface area contributed by atoms with E-state index in [-0.39, 0.29) is 0 Å². The van der Waals surface area contributed by atoms with Gasteiger partial charge < -0.3 is 20.3 Å². The lowest BCUT2D eigenvalue weighted by Crippen LogP contribution is -2.53. The van der Waals surface area contributed by atoms with Crippen LogP contribution < -0.4 is 10.6 Å². The van der Waals surface area contributed by atoms with Gasteiger partial charge in [0.2, 0.25) is 5.91 Å². The highest BCUT2D eigenvalue weighted by atomic mass is 16.5. The highest BCUT2D eigenvalue weighted by molar-refractivity contribution is 5.79. The van der Waals surface area contributed by atoms with Crippen LogP contribution in [0.1, 0.15) is 51.4 Å². The van der Waals surface area contributed by atoms with Crippen LogP contribution in [0.2, 0.25) is 0 Å². The van der Waals surface area contributed by atoms with Crippen molar-refractivity contribution >= 4 is 5.91 Å². The Morgan fingerprint density at radius 2 is 1.82 bits per heavy atom. The predicted octanol–water partition coefficient (Wildman–Crippen LogP) is 1.46. The molecular formula is C22H40N4O2. The van der Waals surface area contributed by atoms with E-state index in [1.54, 1.807) is 0 Å². The maximum atomic E-state index is 12.7. The molecule has 2 aliphatic carbocycles. The molecule has 2 N–H and O–H groups in total. The lowest BCUT2D eigenvalue weighted by molar-refractivity contribution is -0.138. The number of morpholine rings is 1. The Morgan fingerprint density at radius 3 is 2.57 bits per heavy atom. The first kappa shape index (κ1) is 20.6. The first-order chi connectivity index (χ1) is 13.8. The number of rotatable bonds is 6. The summed E-state index contributed by atoms with van der Waals surface area (Å²) in [5.41, 5.74) is 0. The highest BCUT2D eigenvalue weighted by Crippen LogP contribution is 2.29. The van der Waals surface area contributed by atoms with Gasteiger partial charge in [-0.25, -0.2) is 0 Å². The molecule has 3 atom stereocenters. The van der Waals surface area contributed by atoms with Gasteiger partial charge in [0.25, 0.3) is 0 Å². The van der Waals surface area contributed by atoms with E-state index in [1.807, 2.05) is 0 Å². The molecule has 2 saturated carbocycles. The molecule has 0 aromatic carbocycles. The fraction of sp³-hybridized carbons (Fsp3) is 0.955. The molecule has 1 amide bonds. The number of hydrogen-bond acceptors (Lipinski definition) is 5. The van der Waals surface area contributed by atoms with E-state index in [0.717, 1.165) is 71.9 Å². The Balaban J connectivity index is 1.14. The van der Waals surface area contributed by atoms with Crippen LogP contribution in [0.5, 0.6) is 0 Å². The third kappa shape index (κ3) is 5.26. The summed E-state index contributed by atoms with van der Waals surface area (Å²) in [6, 6.07) is 1.16. The smallest absolute Gasteiger partial charge is 0.225 e. The van der Waals surface area contributed by atoms with Gasteiger partial charge in [-0.15, -0.1) is 0 Å². The van der Waals surface area contributed by atoms with Crippen molar-refractivity contribution in [1.29, 1.82) is 0 Å². The third-order valence-electron chi connectivity index (χ3n) is 7.51. The summed E-state index contributed by atoms with van der Waals surface area (Å²) >= 11 is 0. The molecule has 6 nitrogen and oxygen atoms in total. The molecule has 4 aliphatic rings. The quantitative estimate of drug-likeness (QED) is 0.717. The van der Waals surface area contributed by atoms with Crippen LogP contribution in [-0.2, 0) is 9.53 Å². The van der Waals surface area contributed by atoms with Gasteiger partial charge in [0, 0.05) is 63.8 Å². The van der Waals surface area contributed by atoms with E-state index in [4.69, 9.17) is 4.74 Å². The minimum atomic E-state index is 0.318. The zero-order chi connectivity index (χ0) is 19.2. The molecule has 3 unspecified atom stereocenters. The van der Waals surface area contributed by atoms with Gasteiger partial charge in [-0.3, -0.25) is 9.69 Å². The molecule has 0 spiro atoms. The fourth-order valence-corrected chi connectivity index (χ4v) is 5.79. The van der Waals surface area contributed by atoms with Crippen LogP contribution >= 0.6 is 0 Å². The Labute approximate surface area is 170 Å². The van der Waals surface area contributed by atoms with Gasteiger partial charge in [0.05, 0.1) is 13.2 Å². The van der Waals surface area contributed by atoms with E-state index in [9.17, 15) is 4.79 Å². The number of carbonyl (C=O) groups excluding carboxylic acids is 1. The molecule has 0 aromatic heterocycles. The Bertz CT molecular complexity index is 483. The molecule has 160 valence electrons. The summed E-state index contributed by atoms with van der Waals surface area (Å²) in [6.07, 6.45) is 9.99. The minimum absolute atomic E-state index is 0.318. The fourth-order valence-electron chi connectivity index (χ4n) is 5.79. The predicted molar refractivity (Wildman–Crippen MR) is 111 cm³/mol. The maximum Gasteiger partial charge on any atom is 0.225 e. The average Bonchev–Trinajstić information content (AvgIpc) is 3.23. The molecule has 2 heterocycles. The maximum absolute atomic E-state index is 12.7. The Hall–Kier alpha value is -0.690. The van der Waals surface area contributed by atoms with Crippen LogP contribution in [0, 0.1) is 11.8 Å². The number of hydrogen-bond donors (Lipinski definition) is 2. The number of nitrogens with one attached hydrogen (secondary N) is 2. The van der Waals surface area contributed by atoms with Gasteiger partial charge >= 0.3 is 0 Å². The van der Waals surface area contributed by atoms with Gasteiger partial charge in [-0.2, -0.15) is 0 Å². The second kappa shape index (κ2) is 10.4. The van der Waals surface area contributed by atoms with Crippen LogP contribution in [0.15, 0.2) is 0 Å². The lowest BCUT2D eigenvalue weighted by atomic mass is 9.88. The van der Waals surface area contributed by atoms with Crippen molar-refractivity contribution in [2.24, 2.45) is 11.8 Å². The number of nitrogens with zero attached hydrogens (tertiary/aromatic N) is 2. The van der Waals surface area contributed by atoms with Crippen LogP contribution in [0.25, 0.3) is 0 Å². The van der Waals surface area contributed by atoms with Crippen molar-refractivity contribution in [2.45, 2.75) is 63.5 Å². The summed E-state index contributed by atoms with van der Waals surface area (Å²) in [5.74, 6) is 1.47. The number of ether oxygens (including phenoxy) is 1. The molecule has 6 heteroatoms. The molecule has 2 aliphatic heterocycles. The first-order valence-corrected chi connectivity index (χ1v) is 11.9. The number of carbonyl (C=O) groups is 1. The summed E-state index contributed by atoms with van der Waals surface area (Å²) in [7, 11) is 0. The zero-order valence-electron chi connectivity index (χ0n) is 17.5. The normalized spacial score (nSPS) is 33.3. The van der Waals surface area contributed by atoms with E-state index < -0.39 is 0 Å². The lowest BCUT2D eigenvalue weighted by Gasteiger charge is -2.37. The first-order valence-electron chi connectivity index (χ1n) is 11.9. The summed E-state index contributed by atoms with van der Waals surface area (Å²) in [6.45, 7) is 8.80. The van der Waals surface area contributed by atoms with Gasteiger partial charge in [0.15, 0.2) is 0 Å². The van der Waals surface area contributed by atoms with Crippen molar-refractivity contribution in [3.63, 3.8) is 0 Å². The van der Waals surface area contributed by atoms with Gasteiger partial charge in [-0.05, 0) is 31.6 Å². The van der Waals surface area contributed by atoms with Crippen molar-refractivity contribution in [3.05, 3.63) is 0 Å². The SMILES string of the molecule is O=C(C1CCCCC1)N1CCN(CCNC2CCCC2C2COCCN2)CC1. The highest BCUT2D eigenvalue weighted by Gasteiger charge is 2.34. The summed E-state index contributed by atoms with van der Waals surface area (Å²) in [4.78, 5) is 17.4. The van der Waals surface area contributed by atoms with E-state index in [2.05, 4.69) is 20.4 Å². The van der Waals surface area contributed by atoms with E-state index in [1.165, 1.54) is 38.5 Å². The average molecular weight is 393 g/mol. The molecule has 0 radical (unpaired) electrons. The van der Waals surface area contributed by atoms with Crippen LogP contribution in [-0.4, -0.2) is 86.8 Å². The Kier molecular flexibility index (Phi) is 7.62. The standard InChI is InChI=1S/C22H40N4O2/c27-22(18-5-2-1-3-6-18)26-14-12-25(13-15-26)11-9-23-20-8-4-7-19(20)21-17-28-16-10-24-21/h18-21,23-24H,1-17H2. The second-order valence-electron chi connectivity index (χ2n) is 9.29. The summed E-state index contributed by atoms with van der Waals surface area (Å²) < 4.78 is 5.68. The molecule has 28 heavy (non-hydrogen) atoms. The summed E-state index contributed by atoms with van der Waals surface area (Å²) in [5, 5.41) is 7.50. The minimum Gasteiger partial charge on any atom is -0.379 e.